The second kappa shape index (κ2) is 11.6. The van der Waals surface area contributed by atoms with Crippen molar-refractivity contribution in [3.8, 4) is 5.75 Å². The molecule has 26 heavy (non-hydrogen) atoms. The lowest BCUT2D eigenvalue weighted by Crippen LogP contribution is -2.38. The van der Waals surface area contributed by atoms with Gasteiger partial charge >= 0.3 is 0 Å². The molecule has 1 atom stereocenters. The fourth-order valence-electron chi connectivity index (χ4n) is 3.56. The van der Waals surface area contributed by atoms with Gasteiger partial charge in [0.05, 0.1) is 6.54 Å². The SMILES string of the molecule is CCNC(=NCC1Cc2ccccc2O1)NCCCCN1CCCC1.I. The summed E-state index contributed by atoms with van der Waals surface area (Å²) in [5.74, 6) is 1.92. The minimum absolute atomic E-state index is 0. The van der Waals surface area contributed by atoms with Crippen LogP contribution in [-0.4, -0.2) is 56.2 Å². The molecule has 2 heterocycles. The number of nitrogens with zero attached hydrogens (tertiary/aromatic N) is 2. The average Bonchev–Trinajstić information content (AvgIpc) is 3.28. The molecule has 5 nitrogen and oxygen atoms in total. The summed E-state index contributed by atoms with van der Waals surface area (Å²) >= 11 is 0. The first-order chi connectivity index (χ1) is 12.3. The molecule has 0 saturated carbocycles. The Bertz CT molecular complexity index is 535. The van der Waals surface area contributed by atoms with E-state index >= 15 is 0 Å². The number of benzene rings is 1. The molecule has 0 bridgehead atoms. The molecule has 1 aromatic carbocycles. The van der Waals surface area contributed by atoms with Gasteiger partial charge in [-0.2, -0.15) is 0 Å². The molecule has 1 aromatic rings. The number of unbranched alkanes of at least 4 members (excludes halogenated alkanes) is 1. The summed E-state index contributed by atoms with van der Waals surface area (Å²) in [5.41, 5.74) is 1.29. The van der Waals surface area contributed by atoms with Gasteiger partial charge in [0.15, 0.2) is 5.96 Å². The summed E-state index contributed by atoms with van der Waals surface area (Å²) in [7, 11) is 0. The smallest absolute Gasteiger partial charge is 0.191 e. The van der Waals surface area contributed by atoms with Gasteiger partial charge in [0.1, 0.15) is 11.9 Å². The van der Waals surface area contributed by atoms with E-state index in [2.05, 4.69) is 34.6 Å². The number of para-hydroxylation sites is 1. The van der Waals surface area contributed by atoms with Crippen molar-refractivity contribution in [1.82, 2.24) is 15.5 Å². The van der Waals surface area contributed by atoms with Gasteiger partial charge in [-0.1, -0.05) is 18.2 Å². The monoisotopic (exact) mass is 472 g/mol. The van der Waals surface area contributed by atoms with Gasteiger partial charge in [0.25, 0.3) is 0 Å². The molecule has 2 aliphatic heterocycles. The van der Waals surface area contributed by atoms with E-state index in [1.54, 1.807) is 0 Å². The Labute approximate surface area is 175 Å². The molecular formula is C20H33IN4O. The lowest BCUT2D eigenvalue weighted by atomic mass is 10.1. The second-order valence-electron chi connectivity index (χ2n) is 6.95. The minimum atomic E-state index is 0. The molecule has 1 unspecified atom stereocenters. The van der Waals surface area contributed by atoms with Gasteiger partial charge in [-0.15, -0.1) is 24.0 Å². The topological polar surface area (TPSA) is 48.9 Å². The third-order valence-electron chi connectivity index (χ3n) is 4.90. The molecule has 0 aromatic heterocycles. The quantitative estimate of drug-likeness (QED) is 0.264. The Hall–Kier alpha value is -1.02. The van der Waals surface area contributed by atoms with Crippen LogP contribution in [-0.2, 0) is 6.42 Å². The van der Waals surface area contributed by atoms with Crippen LogP contribution in [0.2, 0.25) is 0 Å². The first kappa shape index (κ1) is 21.3. The van der Waals surface area contributed by atoms with Crippen LogP contribution in [0.25, 0.3) is 0 Å². The number of hydrogen-bond acceptors (Lipinski definition) is 3. The Morgan fingerprint density at radius 1 is 1.19 bits per heavy atom. The van der Waals surface area contributed by atoms with Crippen molar-refractivity contribution in [1.29, 1.82) is 0 Å². The van der Waals surface area contributed by atoms with E-state index < -0.39 is 0 Å². The van der Waals surface area contributed by atoms with E-state index in [1.807, 2.05) is 12.1 Å². The summed E-state index contributed by atoms with van der Waals surface area (Å²) in [6.07, 6.45) is 6.31. The van der Waals surface area contributed by atoms with E-state index in [0.29, 0.717) is 6.54 Å². The van der Waals surface area contributed by atoms with Crippen LogP contribution >= 0.6 is 24.0 Å². The fraction of sp³-hybridized carbons (Fsp3) is 0.650. The molecule has 6 heteroatoms. The van der Waals surface area contributed by atoms with Gasteiger partial charge < -0.3 is 20.3 Å². The van der Waals surface area contributed by atoms with Crippen LogP contribution in [0.1, 0.15) is 38.2 Å². The van der Waals surface area contributed by atoms with E-state index in [-0.39, 0.29) is 30.1 Å². The van der Waals surface area contributed by atoms with Crippen LogP contribution in [0, 0.1) is 0 Å². The van der Waals surface area contributed by atoms with Crippen LogP contribution in [0.5, 0.6) is 5.75 Å². The summed E-state index contributed by atoms with van der Waals surface area (Å²) in [5, 5.41) is 6.79. The predicted molar refractivity (Wildman–Crippen MR) is 119 cm³/mol. The highest BCUT2D eigenvalue weighted by atomic mass is 127. The maximum absolute atomic E-state index is 5.97. The number of rotatable bonds is 8. The minimum Gasteiger partial charge on any atom is -0.488 e. The van der Waals surface area contributed by atoms with E-state index in [4.69, 9.17) is 9.73 Å². The molecule has 2 N–H and O–H groups in total. The van der Waals surface area contributed by atoms with Crippen LogP contribution in [0.4, 0.5) is 0 Å². The first-order valence-corrected chi connectivity index (χ1v) is 9.84. The molecule has 0 amide bonds. The Kier molecular flexibility index (Phi) is 9.53. The zero-order chi connectivity index (χ0) is 17.3. The number of guanidine groups is 1. The molecule has 1 fully saturated rings. The zero-order valence-electron chi connectivity index (χ0n) is 15.9. The number of aliphatic imine (C=N–C) groups is 1. The van der Waals surface area contributed by atoms with Gasteiger partial charge in [0.2, 0.25) is 0 Å². The number of ether oxygens (including phenoxy) is 1. The maximum Gasteiger partial charge on any atom is 0.191 e. The highest BCUT2D eigenvalue weighted by molar-refractivity contribution is 14.0. The van der Waals surface area contributed by atoms with Gasteiger partial charge in [-0.25, -0.2) is 4.99 Å². The van der Waals surface area contributed by atoms with Crippen LogP contribution in [0.15, 0.2) is 29.3 Å². The normalized spacial score (nSPS) is 19.6. The maximum atomic E-state index is 5.97. The molecule has 1 saturated heterocycles. The van der Waals surface area contributed by atoms with Crippen molar-refractivity contribution in [3.63, 3.8) is 0 Å². The standard InChI is InChI=1S/C20H32N4O.HI/c1-2-21-20(22-11-5-6-12-24-13-7-8-14-24)23-16-18-15-17-9-3-4-10-19(17)25-18;/h3-4,9-10,18H,2,5-8,11-16H2,1H3,(H2,21,22,23);1H. The average molecular weight is 472 g/mol. The second-order valence-corrected chi connectivity index (χ2v) is 6.95. The number of hydrogen-bond donors (Lipinski definition) is 2. The number of nitrogens with one attached hydrogen (secondary N) is 2. The molecule has 2 aliphatic rings. The van der Waals surface area contributed by atoms with Crippen LogP contribution in [0.3, 0.4) is 0 Å². The third-order valence-corrected chi connectivity index (χ3v) is 4.90. The lowest BCUT2D eigenvalue weighted by Gasteiger charge is -2.15. The Morgan fingerprint density at radius 2 is 2.00 bits per heavy atom. The fourth-order valence-corrected chi connectivity index (χ4v) is 3.56. The largest absolute Gasteiger partial charge is 0.488 e. The molecule has 0 aliphatic carbocycles. The highest BCUT2D eigenvalue weighted by Gasteiger charge is 2.21. The van der Waals surface area contributed by atoms with E-state index in [0.717, 1.165) is 31.2 Å². The van der Waals surface area contributed by atoms with Crippen molar-refractivity contribution in [3.05, 3.63) is 29.8 Å². The number of halogens is 1. The Morgan fingerprint density at radius 3 is 2.77 bits per heavy atom. The van der Waals surface area contributed by atoms with Crippen molar-refractivity contribution < 1.29 is 4.74 Å². The summed E-state index contributed by atoms with van der Waals surface area (Å²) in [4.78, 5) is 7.29. The van der Waals surface area contributed by atoms with Crippen molar-refractivity contribution >= 4 is 29.9 Å². The summed E-state index contributed by atoms with van der Waals surface area (Å²) in [6.45, 7) is 8.48. The molecular weight excluding hydrogens is 439 g/mol. The van der Waals surface area contributed by atoms with E-state index in [1.165, 1.54) is 50.9 Å². The molecule has 146 valence electrons. The first-order valence-electron chi connectivity index (χ1n) is 9.84. The number of fused-ring (bicyclic) bond motifs is 1. The zero-order valence-corrected chi connectivity index (χ0v) is 18.2. The molecule has 3 rings (SSSR count). The molecule has 0 radical (unpaired) electrons. The molecule has 0 spiro atoms. The Balaban J connectivity index is 0.00000243. The van der Waals surface area contributed by atoms with Gasteiger partial charge in [0, 0.05) is 19.5 Å². The lowest BCUT2D eigenvalue weighted by molar-refractivity contribution is 0.241. The van der Waals surface area contributed by atoms with Crippen molar-refractivity contribution in [2.24, 2.45) is 4.99 Å². The van der Waals surface area contributed by atoms with E-state index in [9.17, 15) is 0 Å². The summed E-state index contributed by atoms with van der Waals surface area (Å²) < 4.78 is 5.97. The summed E-state index contributed by atoms with van der Waals surface area (Å²) in [6, 6.07) is 8.28. The predicted octanol–water partition coefficient (Wildman–Crippen LogP) is 3.04. The van der Waals surface area contributed by atoms with Crippen molar-refractivity contribution in [2.45, 2.75) is 45.1 Å². The number of likely N-dealkylation sites (tertiary alicyclic amines) is 1. The van der Waals surface area contributed by atoms with Gasteiger partial charge in [-0.3, -0.25) is 0 Å². The van der Waals surface area contributed by atoms with Crippen molar-refractivity contribution in [2.75, 3.05) is 39.3 Å². The third kappa shape index (κ3) is 6.61. The van der Waals surface area contributed by atoms with Crippen LogP contribution < -0.4 is 15.4 Å². The van der Waals surface area contributed by atoms with Gasteiger partial charge in [-0.05, 0) is 63.9 Å². The highest BCUT2D eigenvalue weighted by Crippen LogP contribution is 2.28.